The second-order valence-corrected chi connectivity index (χ2v) is 5.24. The SMILES string of the molecule is CNCCCN(C)C(=O)c1csc2ccccc12. The molecule has 0 radical (unpaired) electrons. The van der Waals surface area contributed by atoms with Gasteiger partial charge in [0.1, 0.15) is 0 Å². The quantitative estimate of drug-likeness (QED) is 0.840. The van der Waals surface area contributed by atoms with Crippen molar-refractivity contribution in [3.05, 3.63) is 35.2 Å². The van der Waals surface area contributed by atoms with Crippen molar-refractivity contribution in [2.75, 3.05) is 27.2 Å². The lowest BCUT2D eigenvalue weighted by atomic mass is 10.1. The van der Waals surface area contributed by atoms with Gasteiger partial charge in [-0.15, -0.1) is 11.3 Å². The number of fused-ring (bicyclic) bond motifs is 1. The molecule has 0 saturated heterocycles. The Labute approximate surface area is 111 Å². The Balaban J connectivity index is 2.13. The third kappa shape index (κ3) is 2.71. The Morgan fingerprint density at radius 3 is 2.94 bits per heavy atom. The van der Waals surface area contributed by atoms with Crippen LogP contribution in [-0.2, 0) is 0 Å². The van der Waals surface area contributed by atoms with Crippen molar-refractivity contribution in [1.82, 2.24) is 10.2 Å². The Kier molecular flexibility index (Phi) is 4.33. The van der Waals surface area contributed by atoms with Gasteiger partial charge in [0, 0.05) is 29.1 Å². The molecule has 1 aromatic heterocycles. The number of nitrogens with one attached hydrogen (secondary N) is 1. The fraction of sp³-hybridized carbons (Fsp3) is 0.357. The van der Waals surface area contributed by atoms with Crippen molar-refractivity contribution in [3.8, 4) is 0 Å². The van der Waals surface area contributed by atoms with E-state index in [0.717, 1.165) is 30.5 Å². The molecule has 0 saturated carbocycles. The van der Waals surface area contributed by atoms with E-state index in [9.17, 15) is 4.79 Å². The van der Waals surface area contributed by atoms with Crippen LogP contribution in [0.1, 0.15) is 16.8 Å². The molecule has 0 fully saturated rings. The van der Waals surface area contributed by atoms with Crippen LogP contribution >= 0.6 is 11.3 Å². The topological polar surface area (TPSA) is 32.3 Å². The van der Waals surface area contributed by atoms with E-state index in [2.05, 4.69) is 11.4 Å². The zero-order valence-corrected chi connectivity index (χ0v) is 11.6. The van der Waals surface area contributed by atoms with Gasteiger partial charge in [-0.1, -0.05) is 18.2 Å². The van der Waals surface area contributed by atoms with Crippen LogP contribution in [0.2, 0.25) is 0 Å². The maximum Gasteiger partial charge on any atom is 0.255 e. The minimum Gasteiger partial charge on any atom is -0.342 e. The van der Waals surface area contributed by atoms with Gasteiger partial charge < -0.3 is 10.2 Å². The van der Waals surface area contributed by atoms with Crippen LogP contribution in [0, 0.1) is 0 Å². The molecule has 0 bridgehead atoms. The summed E-state index contributed by atoms with van der Waals surface area (Å²) < 4.78 is 1.17. The molecule has 0 spiro atoms. The molecule has 1 heterocycles. The van der Waals surface area contributed by atoms with Gasteiger partial charge in [0.05, 0.1) is 5.56 Å². The summed E-state index contributed by atoms with van der Waals surface area (Å²) in [5.41, 5.74) is 0.822. The lowest BCUT2D eigenvalue weighted by Crippen LogP contribution is -2.29. The van der Waals surface area contributed by atoms with Crippen LogP contribution in [0.4, 0.5) is 0 Å². The largest absolute Gasteiger partial charge is 0.342 e. The zero-order valence-electron chi connectivity index (χ0n) is 10.8. The van der Waals surface area contributed by atoms with E-state index < -0.39 is 0 Å². The number of hydrogen-bond donors (Lipinski definition) is 1. The number of nitrogens with zero attached hydrogens (tertiary/aromatic N) is 1. The molecule has 1 amide bonds. The van der Waals surface area contributed by atoms with Gasteiger partial charge in [0.2, 0.25) is 0 Å². The highest BCUT2D eigenvalue weighted by molar-refractivity contribution is 7.17. The number of carbonyl (C=O) groups excluding carboxylic acids is 1. The number of carbonyl (C=O) groups is 1. The van der Waals surface area contributed by atoms with Gasteiger partial charge in [-0.2, -0.15) is 0 Å². The standard InChI is InChI=1S/C14H18N2OS/c1-15-8-5-9-16(2)14(17)12-10-18-13-7-4-3-6-11(12)13/h3-4,6-7,10,15H,5,8-9H2,1-2H3. The first-order chi connectivity index (χ1) is 8.74. The molecule has 0 aliphatic carbocycles. The minimum atomic E-state index is 0.114. The van der Waals surface area contributed by atoms with Crippen molar-refractivity contribution in [1.29, 1.82) is 0 Å². The molecule has 3 nitrogen and oxygen atoms in total. The zero-order chi connectivity index (χ0) is 13.0. The maximum absolute atomic E-state index is 12.3. The molecule has 2 aromatic rings. The van der Waals surface area contributed by atoms with E-state index in [0.29, 0.717) is 0 Å². The van der Waals surface area contributed by atoms with Crippen LogP contribution in [0.3, 0.4) is 0 Å². The first-order valence-corrected chi connectivity index (χ1v) is 6.98. The minimum absolute atomic E-state index is 0.114. The third-order valence-electron chi connectivity index (χ3n) is 2.98. The summed E-state index contributed by atoms with van der Waals surface area (Å²) in [6.45, 7) is 1.71. The Morgan fingerprint density at radius 1 is 1.39 bits per heavy atom. The van der Waals surface area contributed by atoms with Crippen LogP contribution in [0.5, 0.6) is 0 Å². The number of thiophene rings is 1. The van der Waals surface area contributed by atoms with E-state index in [1.165, 1.54) is 4.70 Å². The highest BCUT2D eigenvalue weighted by Crippen LogP contribution is 2.26. The predicted molar refractivity (Wildman–Crippen MR) is 77.3 cm³/mol. The lowest BCUT2D eigenvalue weighted by Gasteiger charge is -2.16. The van der Waals surface area contributed by atoms with Crippen LogP contribution in [0.25, 0.3) is 10.1 Å². The van der Waals surface area contributed by atoms with E-state index >= 15 is 0 Å². The fourth-order valence-corrected chi connectivity index (χ4v) is 2.88. The first kappa shape index (κ1) is 13.1. The Bertz CT molecular complexity index is 535. The van der Waals surface area contributed by atoms with E-state index in [1.54, 1.807) is 16.2 Å². The molecule has 4 heteroatoms. The summed E-state index contributed by atoms with van der Waals surface area (Å²) in [7, 11) is 3.79. The van der Waals surface area contributed by atoms with Crippen molar-refractivity contribution >= 4 is 27.3 Å². The Hall–Kier alpha value is -1.39. The molecule has 1 N–H and O–H groups in total. The predicted octanol–water partition coefficient (Wildman–Crippen LogP) is 2.58. The molecule has 0 unspecified atom stereocenters. The van der Waals surface area contributed by atoms with Crippen LogP contribution < -0.4 is 5.32 Å². The highest BCUT2D eigenvalue weighted by Gasteiger charge is 2.15. The molecule has 0 atom stereocenters. The molecular formula is C14H18N2OS. The van der Waals surface area contributed by atoms with E-state index in [1.807, 2.05) is 37.7 Å². The van der Waals surface area contributed by atoms with Gasteiger partial charge in [-0.05, 0) is 26.1 Å². The fourth-order valence-electron chi connectivity index (χ4n) is 1.94. The van der Waals surface area contributed by atoms with Crippen LogP contribution in [0.15, 0.2) is 29.6 Å². The smallest absolute Gasteiger partial charge is 0.255 e. The summed E-state index contributed by atoms with van der Waals surface area (Å²) in [5.74, 6) is 0.114. The number of amides is 1. The number of benzene rings is 1. The summed E-state index contributed by atoms with van der Waals surface area (Å²) in [6, 6.07) is 8.05. The van der Waals surface area contributed by atoms with Crippen molar-refractivity contribution in [2.45, 2.75) is 6.42 Å². The molecule has 96 valence electrons. The monoisotopic (exact) mass is 262 g/mol. The molecule has 0 aliphatic heterocycles. The van der Waals surface area contributed by atoms with Gasteiger partial charge in [-0.25, -0.2) is 0 Å². The van der Waals surface area contributed by atoms with E-state index in [-0.39, 0.29) is 5.91 Å². The van der Waals surface area contributed by atoms with Gasteiger partial charge >= 0.3 is 0 Å². The summed E-state index contributed by atoms with van der Waals surface area (Å²) >= 11 is 1.63. The van der Waals surface area contributed by atoms with Gasteiger partial charge in [-0.3, -0.25) is 4.79 Å². The number of hydrogen-bond acceptors (Lipinski definition) is 3. The molecule has 1 aromatic carbocycles. The average molecular weight is 262 g/mol. The second kappa shape index (κ2) is 5.98. The normalized spacial score (nSPS) is 10.8. The summed E-state index contributed by atoms with van der Waals surface area (Å²) in [6.07, 6.45) is 0.973. The van der Waals surface area contributed by atoms with Crippen molar-refractivity contribution < 1.29 is 4.79 Å². The average Bonchev–Trinajstić information content (AvgIpc) is 2.82. The van der Waals surface area contributed by atoms with Gasteiger partial charge in [0.15, 0.2) is 0 Å². The Morgan fingerprint density at radius 2 is 2.17 bits per heavy atom. The lowest BCUT2D eigenvalue weighted by molar-refractivity contribution is 0.0796. The summed E-state index contributed by atoms with van der Waals surface area (Å²) in [4.78, 5) is 14.1. The molecule has 18 heavy (non-hydrogen) atoms. The highest BCUT2D eigenvalue weighted by atomic mass is 32.1. The maximum atomic E-state index is 12.3. The van der Waals surface area contributed by atoms with Gasteiger partial charge in [0.25, 0.3) is 5.91 Å². The summed E-state index contributed by atoms with van der Waals surface area (Å²) in [5, 5.41) is 6.11. The number of rotatable bonds is 5. The van der Waals surface area contributed by atoms with Crippen molar-refractivity contribution in [2.24, 2.45) is 0 Å². The molecular weight excluding hydrogens is 244 g/mol. The molecule has 0 aliphatic rings. The third-order valence-corrected chi connectivity index (χ3v) is 3.94. The molecule has 2 rings (SSSR count). The first-order valence-electron chi connectivity index (χ1n) is 6.10. The second-order valence-electron chi connectivity index (χ2n) is 4.33. The van der Waals surface area contributed by atoms with Crippen LogP contribution in [-0.4, -0.2) is 38.0 Å². The van der Waals surface area contributed by atoms with Crippen molar-refractivity contribution in [3.63, 3.8) is 0 Å². The van der Waals surface area contributed by atoms with E-state index in [4.69, 9.17) is 0 Å².